The lowest BCUT2D eigenvalue weighted by Crippen LogP contribution is -2.40. The van der Waals surface area contributed by atoms with Crippen molar-refractivity contribution in [3.05, 3.63) is 35.4 Å². The molecule has 1 heterocycles. The van der Waals surface area contributed by atoms with Gasteiger partial charge in [0.2, 0.25) is 11.8 Å². The molecular weight excluding hydrogens is 246 g/mol. The molecule has 0 spiro atoms. The van der Waals surface area contributed by atoms with Crippen molar-refractivity contribution in [2.24, 2.45) is 0 Å². The first kappa shape index (κ1) is 12.2. The summed E-state index contributed by atoms with van der Waals surface area (Å²) in [5.41, 5.74) is -0.773. The molecule has 0 radical (unpaired) electrons. The number of hydrogen-bond donors (Lipinski definition) is 2. The van der Waals surface area contributed by atoms with Crippen LogP contribution >= 0.6 is 0 Å². The van der Waals surface area contributed by atoms with E-state index < -0.39 is 41.0 Å². The molecule has 0 bridgehead atoms. The number of rotatable bonds is 2. The maximum absolute atomic E-state index is 13.3. The smallest absolute Gasteiger partial charge is 0.257 e. The van der Waals surface area contributed by atoms with Crippen molar-refractivity contribution in [1.82, 2.24) is 10.6 Å². The standard InChI is InChI=1S/C11H8F2N2O3/c12-5-2-1-3-6(13)9(5)11(18)14-7-4-8(16)15-10(7)17/h1-3,7H,4H2,(H,14,18)(H,15,16,17). The van der Waals surface area contributed by atoms with Crippen LogP contribution in [0.1, 0.15) is 16.8 Å². The van der Waals surface area contributed by atoms with Crippen LogP contribution in [0.4, 0.5) is 8.78 Å². The summed E-state index contributed by atoms with van der Waals surface area (Å²) in [6, 6.07) is 1.88. The molecule has 0 aromatic heterocycles. The Balaban J connectivity index is 2.18. The molecule has 1 unspecified atom stereocenters. The average molecular weight is 254 g/mol. The van der Waals surface area contributed by atoms with Crippen LogP contribution in [-0.4, -0.2) is 23.8 Å². The van der Waals surface area contributed by atoms with Crippen molar-refractivity contribution in [2.75, 3.05) is 0 Å². The molecule has 2 N–H and O–H groups in total. The monoisotopic (exact) mass is 254 g/mol. The largest absolute Gasteiger partial charge is 0.340 e. The molecule has 1 fully saturated rings. The Hall–Kier alpha value is -2.31. The van der Waals surface area contributed by atoms with Crippen LogP contribution in [0, 0.1) is 11.6 Å². The number of carbonyl (C=O) groups excluding carboxylic acids is 3. The van der Waals surface area contributed by atoms with E-state index in [9.17, 15) is 23.2 Å². The van der Waals surface area contributed by atoms with Crippen molar-refractivity contribution >= 4 is 17.7 Å². The molecule has 1 aliphatic rings. The highest BCUT2D eigenvalue weighted by atomic mass is 19.1. The second-order valence-corrected chi connectivity index (χ2v) is 3.74. The zero-order valence-electron chi connectivity index (χ0n) is 9.00. The van der Waals surface area contributed by atoms with Gasteiger partial charge >= 0.3 is 0 Å². The van der Waals surface area contributed by atoms with Crippen molar-refractivity contribution in [3.8, 4) is 0 Å². The van der Waals surface area contributed by atoms with E-state index in [1.165, 1.54) is 0 Å². The summed E-state index contributed by atoms with van der Waals surface area (Å²) in [5.74, 6) is -4.36. The quantitative estimate of drug-likeness (QED) is 0.735. The van der Waals surface area contributed by atoms with Crippen LogP contribution in [0.3, 0.4) is 0 Å². The van der Waals surface area contributed by atoms with Gasteiger partial charge in [0, 0.05) is 0 Å². The SMILES string of the molecule is O=C1CC(NC(=O)c2c(F)cccc2F)C(=O)N1. The van der Waals surface area contributed by atoms with Gasteiger partial charge in [0.05, 0.1) is 6.42 Å². The van der Waals surface area contributed by atoms with E-state index in [0.717, 1.165) is 18.2 Å². The van der Waals surface area contributed by atoms with Gasteiger partial charge in [0.15, 0.2) is 0 Å². The van der Waals surface area contributed by atoms with Gasteiger partial charge in [-0.05, 0) is 12.1 Å². The van der Waals surface area contributed by atoms with E-state index in [1.807, 2.05) is 5.32 Å². The van der Waals surface area contributed by atoms with Gasteiger partial charge in [-0.25, -0.2) is 8.78 Å². The fourth-order valence-electron chi connectivity index (χ4n) is 1.62. The maximum Gasteiger partial charge on any atom is 0.257 e. The van der Waals surface area contributed by atoms with Crippen molar-refractivity contribution in [1.29, 1.82) is 0 Å². The van der Waals surface area contributed by atoms with E-state index in [2.05, 4.69) is 5.32 Å². The summed E-state index contributed by atoms with van der Waals surface area (Å²) in [5, 5.41) is 4.08. The first-order chi connectivity index (χ1) is 8.49. The maximum atomic E-state index is 13.3. The summed E-state index contributed by atoms with van der Waals surface area (Å²) in [6.07, 6.45) is -0.235. The van der Waals surface area contributed by atoms with Crippen LogP contribution in [0.25, 0.3) is 0 Å². The van der Waals surface area contributed by atoms with Gasteiger partial charge in [0.25, 0.3) is 5.91 Å². The van der Waals surface area contributed by atoms with Gasteiger partial charge in [0.1, 0.15) is 23.2 Å². The highest BCUT2D eigenvalue weighted by Gasteiger charge is 2.32. The predicted molar refractivity (Wildman–Crippen MR) is 55.4 cm³/mol. The lowest BCUT2D eigenvalue weighted by atomic mass is 10.1. The van der Waals surface area contributed by atoms with Gasteiger partial charge in [-0.3, -0.25) is 19.7 Å². The van der Waals surface area contributed by atoms with Crippen LogP contribution in [-0.2, 0) is 9.59 Å². The van der Waals surface area contributed by atoms with Gasteiger partial charge in [-0.15, -0.1) is 0 Å². The second-order valence-electron chi connectivity index (χ2n) is 3.74. The van der Waals surface area contributed by atoms with Crippen LogP contribution in [0.2, 0.25) is 0 Å². The Labute approximate surface area is 100 Å². The van der Waals surface area contributed by atoms with Crippen LogP contribution in [0.15, 0.2) is 18.2 Å². The number of nitrogens with one attached hydrogen (secondary N) is 2. The normalized spacial score (nSPS) is 18.7. The highest BCUT2D eigenvalue weighted by Crippen LogP contribution is 2.13. The Morgan fingerprint density at radius 1 is 1.28 bits per heavy atom. The zero-order valence-corrected chi connectivity index (χ0v) is 9.00. The number of benzene rings is 1. The Morgan fingerprint density at radius 2 is 1.89 bits per heavy atom. The Morgan fingerprint density at radius 3 is 2.39 bits per heavy atom. The number of imide groups is 1. The summed E-state index contributed by atoms with van der Waals surface area (Å²) in [6.45, 7) is 0. The minimum atomic E-state index is -1.09. The van der Waals surface area contributed by atoms with Crippen molar-refractivity contribution in [2.45, 2.75) is 12.5 Å². The molecular formula is C11H8F2N2O3. The van der Waals surface area contributed by atoms with Gasteiger partial charge in [-0.2, -0.15) is 0 Å². The summed E-state index contributed by atoms with van der Waals surface area (Å²) in [4.78, 5) is 33.7. The molecule has 0 aliphatic carbocycles. The number of carbonyl (C=O) groups is 3. The highest BCUT2D eigenvalue weighted by molar-refractivity contribution is 6.08. The summed E-state index contributed by atoms with van der Waals surface area (Å²) in [7, 11) is 0. The average Bonchev–Trinajstić information content (AvgIpc) is 2.57. The van der Waals surface area contributed by atoms with Crippen molar-refractivity contribution < 1.29 is 23.2 Å². The van der Waals surface area contributed by atoms with Gasteiger partial charge < -0.3 is 5.32 Å². The van der Waals surface area contributed by atoms with Gasteiger partial charge in [-0.1, -0.05) is 6.07 Å². The zero-order chi connectivity index (χ0) is 13.3. The molecule has 18 heavy (non-hydrogen) atoms. The minimum absolute atomic E-state index is 0.235. The van der Waals surface area contributed by atoms with E-state index in [-0.39, 0.29) is 6.42 Å². The number of halogens is 2. The molecule has 1 aromatic rings. The minimum Gasteiger partial charge on any atom is -0.340 e. The third kappa shape index (κ3) is 2.20. The predicted octanol–water partition coefficient (Wildman–Crippen LogP) is 0.110. The molecule has 1 aliphatic heterocycles. The third-order valence-corrected chi connectivity index (χ3v) is 2.46. The van der Waals surface area contributed by atoms with E-state index in [4.69, 9.17) is 0 Å². The summed E-state index contributed by atoms with van der Waals surface area (Å²) < 4.78 is 26.6. The third-order valence-electron chi connectivity index (χ3n) is 2.46. The Bertz CT molecular complexity index is 525. The first-order valence-corrected chi connectivity index (χ1v) is 5.07. The fraction of sp³-hybridized carbons (Fsp3) is 0.182. The molecule has 1 aromatic carbocycles. The molecule has 5 nitrogen and oxygen atoms in total. The lowest BCUT2D eigenvalue weighted by molar-refractivity contribution is -0.125. The summed E-state index contributed by atoms with van der Waals surface area (Å²) >= 11 is 0. The fourth-order valence-corrected chi connectivity index (χ4v) is 1.62. The van der Waals surface area contributed by atoms with E-state index in [0.29, 0.717) is 0 Å². The topological polar surface area (TPSA) is 75.3 Å². The molecule has 3 amide bonds. The lowest BCUT2D eigenvalue weighted by Gasteiger charge is -2.10. The first-order valence-electron chi connectivity index (χ1n) is 5.07. The molecule has 7 heteroatoms. The number of hydrogen-bond acceptors (Lipinski definition) is 3. The molecule has 1 saturated heterocycles. The van der Waals surface area contributed by atoms with E-state index >= 15 is 0 Å². The molecule has 0 saturated carbocycles. The second kappa shape index (κ2) is 4.52. The molecule has 94 valence electrons. The van der Waals surface area contributed by atoms with Crippen LogP contribution < -0.4 is 10.6 Å². The Kier molecular flexibility index (Phi) is 3.05. The van der Waals surface area contributed by atoms with E-state index in [1.54, 1.807) is 0 Å². The van der Waals surface area contributed by atoms with Crippen LogP contribution in [0.5, 0.6) is 0 Å². The molecule has 1 atom stereocenters. The van der Waals surface area contributed by atoms with Crippen molar-refractivity contribution in [3.63, 3.8) is 0 Å². The number of amides is 3. The molecule has 2 rings (SSSR count).